The molecule has 0 aromatic heterocycles. The van der Waals surface area contributed by atoms with Crippen LogP contribution in [0.2, 0.25) is 0 Å². The third-order valence-corrected chi connectivity index (χ3v) is 3.99. The van der Waals surface area contributed by atoms with Crippen molar-refractivity contribution in [2.24, 2.45) is 0 Å². The number of ether oxygens (including phenoxy) is 1. The number of rotatable bonds is 9. The van der Waals surface area contributed by atoms with Gasteiger partial charge < -0.3 is 20.3 Å². The monoisotopic (exact) mass is 388 g/mol. The Morgan fingerprint density at radius 1 is 1.21 bits per heavy atom. The van der Waals surface area contributed by atoms with Gasteiger partial charge in [-0.2, -0.15) is 0 Å². The molecule has 0 aliphatic carbocycles. The van der Waals surface area contributed by atoms with Gasteiger partial charge in [0.15, 0.2) is 0 Å². The predicted octanol–water partition coefficient (Wildman–Crippen LogP) is 2.12. The van der Waals surface area contributed by atoms with Crippen molar-refractivity contribution in [3.8, 4) is 0 Å². The highest BCUT2D eigenvalue weighted by Gasteiger charge is 2.26. The molecule has 0 aliphatic rings. The second-order valence-corrected chi connectivity index (χ2v) is 5.98. The molecule has 0 saturated heterocycles. The number of aldehydes is 1. The molecule has 0 heterocycles. The van der Waals surface area contributed by atoms with Crippen molar-refractivity contribution in [1.82, 2.24) is 5.32 Å². The number of carbonyl (C=O) groups excluding carboxylic acids is 2. The fourth-order valence-electron chi connectivity index (χ4n) is 2.50. The number of nitrogens with one attached hydrogen (secondary N) is 1. The first-order chi connectivity index (χ1) is 13.4. The SMILES string of the molecule is O=Cc1ccc(C(O)C(O)CCNC(=O)OCc2ccccc2)c([N+](=O)[O-])c1. The Morgan fingerprint density at radius 3 is 2.57 bits per heavy atom. The van der Waals surface area contributed by atoms with Crippen LogP contribution in [0, 0.1) is 10.1 Å². The van der Waals surface area contributed by atoms with E-state index in [0.29, 0.717) is 6.29 Å². The highest BCUT2D eigenvalue weighted by Crippen LogP contribution is 2.29. The molecule has 2 unspecified atom stereocenters. The minimum absolute atomic E-state index is 0.00787. The lowest BCUT2D eigenvalue weighted by Gasteiger charge is -2.18. The summed E-state index contributed by atoms with van der Waals surface area (Å²) in [6.07, 6.45) is -3.22. The van der Waals surface area contributed by atoms with Gasteiger partial charge in [0.2, 0.25) is 0 Å². The Labute approximate surface area is 160 Å². The molecule has 0 aliphatic heterocycles. The van der Waals surface area contributed by atoms with E-state index < -0.39 is 28.9 Å². The Kier molecular flexibility index (Phi) is 7.61. The van der Waals surface area contributed by atoms with Crippen molar-refractivity contribution >= 4 is 18.1 Å². The highest BCUT2D eigenvalue weighted by molar-refractivity contribution is 5.76. The van der Waals surface area contributed by atoms with Gasteiger partial charge in [0.1, 0.15) is 19.0 Å². The number of aliphatic hydroxyl groups is 2. The molecule has 2 rings (SSSR count). The number of carbonyl (C=O) groups is 2. The van der Waals surface area contributed by atoms with Crippen molar-refractivity contribution in [2.75, 3.05) is 6.54 Å². The first-order valence-electron chi connectivity index (χ1n) is 8.46. The van der Waals surface area contributed by atoms with Crippen molar-refractivity contribution in [1.29, 1.82) is 0 Å². The van der Waals surface area contributed by atoms with Crippen LogP contribution in [0.3, 0.4) is 0 Å². The summed E-state index contributed by atoms with van der Waals surface area (Å²) in [5.74, 6) is 0. The smallest absolute Gasteiger partial charge is 0.407 e. The maximum atomic E-state index is 11.7. The van der Waals surface area contributed by atoms with Gasteiger partial charge in [-0.3, -0.25) is 14.9 Å². The van der Waals surface area contributed by atoms with Gasteiger partial charge in [-0.05, 0) is 18.1 Å². The average Bonchev–Trinajstić information content (AvgIpc) is 2.71. The van der Waals surface area contributed by atoms with Crippen LogP contribution in [0.25, 0.3) is 0 Å². The minimum atomic E-state index is -1.55. The molecule has 9 heteroatoms. The molecule has 2 aromatic rings. The largest absolute Gasteiger partial charge is 0.445 e. The summed E-state index contributed by atoms with van der Waals surface area (Å²) in [5.41, 5.74) is 0.320. The van der Waals surface area contributed by atoms with E-state index in [1.54, 1.807) is 12.1 Å². The third-order valence-electron chi connectivity index (χ3n) is 3.99. The molecule has 0 fully saturated rings. The molecule has 28 heavy (non-hydrogen) atoms. The summed E-state index contributed by atoms with van der Waals surface area (Å²) in [4.78, 5) is 32.8. The molecule has 1 amide bonds. The standard InChI is InChI=1S/C19H20N2O7/c22-11-14-6-7-15(16(10-14)21(26)27)18(24)17(23)8-9-20-19(25)28-12-13-4-2-1-3-5-13/h1-7,10-11,17-18,23-24H,8-9,12H2,(H,20,25). The number of hydrogen-bond donors (Lipinski definition) is 3. The summed E-state index contributed by atoms with van der Waals surface area (Å²) in [6.45, 7) is 0.0825. The van der Waals surface area contributed by atoms with Crippen LogP contribution in [0.5, 0.6) is 0 Å². The number of benzene rings is 2. The number of alkyl carbamates (subject to hydrolysis) is 1. The van der Waals surface area contributed by atoms with Crippen molar-refractivity contribution in [2.45, 2.75) is 25.2 Å². The lowest BCUT2D eigenvalue weighted by atomic mass is 9.99. The number of amides is 1. The van der Waals surface area contributed by atoms with Crippen LogP contribution in [-0.2, 0) is 11.3 Å². The summed E-state index contributed by atoms with van der Waals surface area (Å²) >= 11 is 0. The van der Waals surface area contributed by atoms with E-state index in [9.17, 15) is 29.9 Å². The van der Waals surface area contributed by atoms with E-state index in [-0.39, 0.29) is 30.7 Å². The maximum Gasteiger partial charge on any atom is 0.407 e. The van der Waals surface area contributed by atoms with E-state index in [1.165, 1.54) is 12.1 Å². The highest BCUT2D eigenvalue weighted by atomic mass is 16.6. The van der Waals surface area contributed by atoms with Gasteiger partial charge >= 0.3 is 6.09 Å². The molecule has 2 atom stereocenters. The van der Waals surface area contributed by atoms with E-state index in [2.05, 4.69) is 5.32 Å². The van der Waals surface area contributed by atoms with Gasteiger partial charge in [-0.25, -0.2) is 4.79 Å². The van der Waals surface area contributed by atoms with Crippen molar-refractivity contribution in [3.63, 3.8) is 0 Å². The van der Waals surface area contributed by atoms with Gasteiger partial charge in [0, 0.05) is 18.2 Å². The molecule has 0 bridgehead atoms. The molecule has 0 spiro atoms. The fourth-order valence-corrected chi connectivity index (χ4v) is 2.50. The molecule has 0 radical (unpaired) electrons. The Balaban J connectivity index is 1.85. The first-order valence-corrected chi connectivity index (χ1v) is 8.46. The van der Waals surface area contributed by atoms with Crippen molar-refractivity contribution < 1.29 is 29.5 Å². The summed E-state index contributed by atoms with van der Waals surface area (Å²) in [5, 5.41) is 33.9. The van der Waals surface area contributed by atoms with E-state index >= 15 is 0 Å². The van der Waals surface area contributed by atoms with Crippen LogP contribution < -0.4 is 5.32 Å². The van der Waals surface area contributed by atoms with Gasteiger partial charge in [-0.15, -0.1) is 0 Å². The number of aliphatic hydroxyl groups excluding tert-OH is 2. The number of nitro groups is 1. The van der Waals surface area contributed by atoms with Crippen LogP contribution >= 0.6 is 0 Å². The van der Waals surface area contributed by atoms with E-state index in [0.717, 1.165) is 11.6 Å². The Hall–Kier alpha value is -3.30. The zero-order chi connectivity index (χ0) is 20.5. The average molecular weight is 388 g/mol. The van der Waals surface area contributed by atoms with Crippen LogP contribution in [0.4, 0.5) is 10.5 Å². The van der Waals surface area contributed by atoms with Crippen LogP contribution in [0.15, 0.2) is 48.5 Å². The number of nitro benzene ring substituents is 1. The topological polar surface area (TPSA) is 139 Å². The Bertz CT molecular complexity index is 826. The molecule has 9 nitrogen and oxygen atoms in total. The summed E-state index contributed by atoms with van der Waals surface area (Å²) in [7, 11) is 0. The molecular formula is C19H20N2O7. The van der Waals surface area contributed by atoms with Crippen LogP contribution in [-0.4, -0.2) is 40.2 Å². The number of nitrogens with zero attached hydrogens (tertiary/aromatic N) is 1. The second kappa shape index (κ2) is 10.1. The van der Waals surface area contributed by atoms with Gasteiger partial charge in [0.25, 0.3) is 5.69 Å². The maximum absolute atomic E-state index is 11.7. The number of hydrogen-bond acceptors (Lipinski definition) is 7. The van der Waals surface area contributed by atoms with E-state index in [4.69, 9.17) is 4.74 Å². The van der Waals surface area contributed by atoms with Crippen LogP contribution in [0.1, 0.15) is 34.0 Å². The molecular weight excluding hydrogens is 368 g/mol. The lowest BCUT2D eigenvalue weighted by molar-refractivity contribution is -0.386. The molecule has 0 saturated carbocycles. The Morgan fingerprint density at radius 2 is 1.93 bits per heavy atom. The lowest BCUT2D eigenvalue weighted by Crippen LogP contribution is -2.30. The first kappa shape index (κ1) is 21.0. The minimum Gasteiger partial charge on any atom is -0.445 e. The third kappa shape index (κ3) is 5.86. The summed E-state index contributed by atoms with van der Waals surface area (Å²) in [6, 6.07) is 12.6. The van der Waals surface area contributed by atoms with Gasteiger partial charge in [-0.1, -0.05) is 36.4 Å². The quantitative estimate of drug-likeness (QED) is 0.340. The zero-order valence-electron chi connectivity index (χ0n) is 14.9. The summed E-state index contributed by atoms with van der Waals surface area (Å²) < 4.78 is 5.01. The molecule has 148 valence electrons. The predicted molar refractivity (Wildman–Crippen MR) is 98.7 cm³/mol. The normalized spacial score (nSPS) is 12.6. The fraction of sp³-hybridized carbons (Fsp3) is 0.263. The van der Waals surface area contributed by atoms with E-state index in [1.807, 2.05) is 18.2 Å². The zero-order valence-corrected chi connectivity index (χ0v) is 14.9. The second-order valence-electron chi connectivity index (χ2n) is 5.98. The van der Waals surface area contributed by atoms with Gasteiger partial charge in [0.05, 0.1) is 16.6 Å². The van der Waals surface area contributed by atoms with Crippen molar-refractivity contribution in [3.05, 3.63) is 75.3 Å². The molecule has 3 N–H and O–H groups in total. The molecule has 2 aromatic carbocycles.